The first-order valence-corrected chi connectivity index (χ1v) is 11.6. The topological polar surface area (TPSA) is 65.1 Å². The van der Waals surface area contributed by atoms with Gasteiger partial charge >= 0.3 is 5.97 Å². The normalized spacial score (nSPS) is 52.9. The van der Waals surface area contributed by atoms with E-state index in [2.05, 4.69) is 32.1 Å². The van der Waals surface area contributed by atoms with Crippen molar-refractivity contribution in [3.8, 4) is 0 Å². The number of epoxide rings is 1. The van der Waals surface area contributed by atoms with Gasteiger partial charge in [0.25, 0.3) is 0 Å². The van der Waals surface area contributed by atoms with Gasteiger partial charge in [0, 0.05) is 11.8 Å². The van der Waals surface area contributed by atoms with Gasteiger partial charge in [-0.25, -0.2) is 0 Å². The van der Waals surface area contributed by atoms with Gasteiger partial charge in [-0.1, -0.05) is 48.9 Å². The lowest BCUT2D eigenvalue weighted by Crippen LogP contribution is -2.44. The molecule has 3 heterocycles. The zero-order valence-corrected chi connectivity index (χ0v) is 19.0. The maximum Gasteiger partial charge on any atom is 0.317 e. The van der Waals surface area contributed by atoms with E-state index in [4.69, 9.17) is 25.8 Å². The Bertz CT molecular complexity index is 932. The number of carbonyl (C=O) groups is 2. The molecule has 3 aliphatic heterocycles. The molecule has 5 aliphatic rings. The number of rotatable bonds is 0. The van der Waals surface area contributed by atoms with Crippen LogP contribution in [0.3, 0.4) is 0 Å². The fourth-order valence-electron chi connectivity index (χ4n) is 5.95. The molecule has 0 aromatic heterocycles. The number of fused-ring (bicyclic) bond motifs is 2. The Hall–Kier alpha value is -1.85. The van der Waals surface area contributed by atoms with E-state index in [0.717, 1.165) is 6.42 Å². The molecular formula is C25H29ClO5. The Morgan fingerprint density at radius 2 is 1.77 bits per heavy atom. The minimum absolute atomic E-state index is 0.0149. The largest absolute Gasteiger partial charge is 0.490 e. The number of hydrogen-bond acceptors (Lipinski definition) is 5. The third-order valence-corrected chi connectivity index (χ3v) is 8.10. The number of Topliss-reactive ketones (excluding diaryl/α,β-unsaturated/α-hetero) is 1. The predicted octanol–water partition coefficient (Wildman–Crippen LogP) is 4.33. The molecule has 0 aromatic rings. The molecule has 5 nitrogen and oxygen atoms in total. The van der Waals surface area contributed by atoms with Gasteiger partial charge in [0.2, 0.25) is 0 Å². The lowest BCUT2D eigenvalue weighted by molar-refractivity contribution is -0.152. The lowest BCUT2D eigenvalue weighted by atomic mass is 9.60. The van der Waals surface area contributed by atoms with Crippen molar-refractivity contribution < 1.29 is 23.8 Å². The number of cyclic esters (lactones) is 1. The van der Waals surface area contributed by atoms with Gasteiger partial charge in [0.1, 0.15) is 35.0 Å². The molecule has 0 bridgehead atoms. The Morgan fingerprint density at radius 1 is 1.03 bits per heavy atom. The number of esters is 1. The van der Waals surface area contributed by atoms with Crippen molar-refractivity contribution in [3.63, 3.8) is 0 Å². The highest BCUT2D eigenvalue weighted by atomic mass is 35.5. The summed E-state index contributed by atoms with van der Waals surface area (Å²) in [5.41, 5.74) is -0.165. The quantitative estimate of drug-likeness (QED) is 0.241. The molecule has 0 aromatic carbocycles. The Morgan fingerprint density at radius 3 is 2.55 bits per heavy atom. The SMILES string of the molecule is C[C@@H]1C(=O)O[C@@H](C)/C=C/C=C\[C@@H](C)[C@@H]2C=C[C@@H]3C[C@@]4(C)O[C@H]4[C@H]4O/C(=C(/Cl)C1=O)C2C34. The highest BCUT2D eigenvalue weighted by Gasteiger charge is 2.69. The van der Waals surface area contributed by atoms with Crippen LogP contribution in [-0.2, 0) is 23.8 Å². The molecule has 0 radical (unpaired) electrons. The van der Waals surface area contributed by atoms with E-state index in [1.54, 1.807) is 19.9 Å². The van der Waals surface area contributed by atoms with E-state index in [-0.39, 0.29) is 46.5 Å². The third kappa shape index (κ3) is 3.32. The molecular weight excluding hydrogens is 416 g/mol. The van der Waals surface area contributed by atoms with Crippen LogP contribution in [0, 0.1) is 35.5 Å². The van der Waals surface area contributed by atoms with Crippen molar-refractivity contribution in [3.05, 3.63) is 47.2 Å². The van der Waals surface area contributed by atoms with Crippen molar-refractivity contribution in [2.75, 3.05) is 0 Å². The number of ketones is 1. The number of ether oxygens (including phenoxy) is 3. The number of allylic oxidation sites excluding steroid dienone is 7. The summed E-state index contributed by atoms with van der Waals surface area (Å²) in [4.78, 5) is 25.7. The smallest absolute Gasteiger partial charge is 0.317 e. The van der Waals surface area contributed by atoms with Gasteiger partial charge in [-0.15, -0.1) is 0 Å². The summed E-state index contributed by atoms with van der Waals surface area (Å²) < 4.78 is 17.9. The second-order valence-corrected chi connectivity index (χ2v) is 10.3. The Balaban J connectivity index is 1.61. The van der Waals surface area contributed by atoms with Crippen molar-refractivity contribution in [1.82, 2.24) is 0 Å². The van der Waals surface area contributed by atoms with Crippen molar-refractivity contribution in [2.24, 2.45) is 35.5 Å². The highest BCUT2D eigenvalue weighted by Crippen LogP contribution is 2.63. The molecule has 2 aliphatic carbocycles. The van der Waals surface area contributed by atoms with Crippen LogP contribution in [-0.4, -0.2) is 35.7 Å². The van der Waals surface area contributed by atoms with Crippen LogP contribution >= 0.6 is 11.6 Å². The van der Waals surface area contributed by atoms with Crippen molar-refractivity contribution >= 4 is 23.4 Å². The van der Waals surface area contributed by atoms with Crippen LogP contribution < -0.4 is 0 Å². The van der Waals surface area contributed by atoms with Gasteiger partial charge in [-0.3, -0.25) is 9.59 Å². The van der Waals surface area contributed by atoms with Crippen LogP contribution in [0.2, 0.25) is 0 Å². The molecule has 31 heavy (non-hydrogen) atoms. The fraction of sp³-hybridized carbons (Fsp3) is 0.600. The summed E-state index contributed by atoms with van der Waals surface area (Å²) in [5, 5.41) is 0.0293. The van der Waals surface area contributed by atoms with Crippen LogP contribution in [0.5, 0.6) is 0 Å². The van der Waals surface area contributed by atoms with Crippen LogP contribution in [0.15, 0.2) is 47.2 Å². The van der Waals surface area contributed by atoms with Gasteiger partial charge in [-0.2, -0.15) is 0 Å². The molecule has 6 heteroatoms. The standard InChI is InChI=1S/C25H29ClO5/c1-12-7-5-6-8-13(2)29-24(28)14(3)20(27)19(26)21-18-16(12)10-9-15-11-25(4)23(31-25)22(30-21)17(15)18/h5-10,12-18,22-23H,11H2,1-4H3/b7-5-,8-6+,21-19+/t12-,13+,14+,15-,16+,17?,18?,22+,23+,25-/m1/s1. The zero-order chi connectivity index (χ0) is 22.1. The summed E-state index contributed by atoms with van der Waals surface area (Å²) in [6, 6.07) is 0. The Kier molecular flexibility index (Phi) is 4.98. The van der Waals surface area contributed by atoms with E-state index in [9.17, 15) is 9.59 Å². The maximum absolute atomic E-state index is 13.2. The van der Waals surface area contributed by atoms with Crippen LogP contribution in [0.1, 0.15) is 34.1 Å². The summed E-state index contributed by atoms with van der Waals surface area (Å²) in [7, 11) is 0. The minimum Gasteiger partial charge on any atom is -0.490 e. The second-order valence-electron chi connectivity index (χ2n) is 9.90. The molecule has 10 atom stereocenters. The summed E-state index contributed by atoms with van der Waals surface area (Å²) in [5.74, 6) is -0.593. The summed E-state index contributed by atoms with van der Waals surface area (Å²) in [6.07, 6.45) is 12.9. The first-order valence-electron chi connectivity index (χ1n) is 11.2. The monoisotopic (exact) mass is 444 g/mol. The average molecular weight is 445 g/mol. The predicted molar refractivity (Wildman–Crippen MR) is 116 cm³/mol. The summed E-state index contributed by atoms with van der Waals surface area (Å²) in [6.45, 7) is 7.63. The second kappa shape index (κ2) is 7.35. The Labute approximate surface area is 188 Å². The van der Waals surface area contributed by atoms with E-state index >= 15 is 0 Å². The molecule has 0 spiro atoms. The maximum atomic E-state index is 13.2. The van der Waals surface area contributed by atoms with E-state index in [1.807, 2.05) is 12.2 Å². The van der Waals surface area contributed by atoms with Gasteiger partial charge in [0.15, 0.2) is 5.78 Å². The molecule has 2 unspecified atom stereocenters. The molecule has 166 valence electrons. The first-order chi connectivity index (χ1) is 14.7. The van der Waals surface area contributed by atoms with E-state index in [0.29, 0.717) is 11.7 Å². The molecule has 1 saturated carbocycles. The van der Waals surface area contributed by atoms with Gasteiger partial charge in [-0.05, 0) is 51.0 Å². The number of carbonyl (C=O) groups excluding carboxylic acids is 2. The molecule has 5 rings (SSSR count). The van der Waals surface area contributed by atoms with E-state index < -0.39 is 23.8 Å². The number of halogens is 1. The first kappa shape index (κ1) is 21.0. The van der Waals surface area contributed by atoms with Gasteiger partial charge < -0.3 is 14.2 Å². The minimum atomic E-state index is -0.992. The zero-order valence-electron chi connectivity index (χ0n) is 18.3. The highest BCUT2D eigenvalue weighted by molar-refractivity contribution is 6.44. The van der Waals surface area contributed by atoms with Crippen molar-refractivity contribution in [1.29, 1.82) is 0 Å². The number of hydrogen-bond donors (Lipinski definition) is 0. The van der Waals surface area contributed by atoms with Gasteiger partial charge in [0.05, 0.1) is 5.60 Å². The van der Waals surface area contributed by atoms with Crippen molar-refractivity contribution in [2.45, 2.75) is 58.0 Å². The van der Waals surface area contributed by atoms with Crippen LogP contribution in [0.25, 0.3) is 0 Å². The molecule has 2 saturated heterocycles. The fourth-order valence-corrected chi connectivity index (χ4v) is 6.28. The lowest BCUT2D eigenvalue weighted by Gasteiger charge is -2.40. The molecule has 3 fully saturated rings. The molecule has 0 N–H and O–H groups in total. The molecule has 0 amide bonds. The van der Waals surface area contributed by atoms with Crippen LogP contribution in [0.4, 0.5) is 0 Å². The third-order valence-electron chi connectivity index (χ3n) is 7.73. The van der Waals surface area contributed by atoms with E-state index in [1.165, 1.54) is 0 Å². The average Bonchev–Trinajstić information content (AvgIpc) is 3.26. The summed E-state index contributed by atoms with van der Waals surface area (Å²) >= 11 is 6.68.